The third-order valence-corrected chi connectivity index (χ3v) is 6.83. The van der Waals surface area contributed by atoms with E-state index in [1.165, 1.54) is 11.1 Å². The lowest BCUT2D eigenvalue weighted by Crippen LogP contribution is -2.43. The monoisotopic (exact) mass is 439 g/mol. The van der Waals surface area contributed by atoms with Crippen molar-refractivity contribution in [3.63, 3.8) is 0 Å². The summed E-state index contributed by atoms with van der Waals surface area (Å²) in [6, 6.07) is 20.3. The molecule has 1 aromatic heterocycles. The minimum atomic E-state index is -0.196. The molecule has 2 amide bonds. The van der Waals surface area contributed by atoms with E-state index in [0.717, 1.165) is 51.1 Å². The van der Waals surface area contributed by atoms with Gasteiger partial charge in [-0.2, -0.15) is 0 Å². The number of aryl methyl sites for hydroxylation is 2. The van der Waals surface area contributed by atoms with Gasteiger partial charge in [0, 0.05) is 28.8 Å². The molecule has 0 saturated heterocycles. The minimum Gasteiger partial charge on any atom is -0.497 e. The molecule has 0 aliphatic carbocycles. The first kappa shape index (κ1) is 21.1. The molecule has 1 atom stereocenters. The third kappa shape index (κ3) is 3.74. The maximum atomic E-state index is 13.6. The number of hydrogen-bond acceptors (Lipinski definition) is 2. The summed E-state index contributed by atoms with van der Waals surface area (Å²) >= 11 is 0. The van der Waals surface area contributed by atoms with Gasteiger partial charge in [-0.3, -0.25) is 0 Å². The van der Waals surface area contributed by atoms with Gasteiger partial charge >= 0.3 is 6.03 Å². The topological polar surface area (TPSA) is 57.4 Å². The van der Waals surface area contributed by atoms with Crippen LogP contribution < -0.4 is 10.1 Å². The predicted molar refractivity (Wildman–Crippen MR) is 133 cm³/mol. The predicted octanol–water partition coefficient (Wildman–Crippen LogP) is 6.28. The molecular weight excluding hydrogens is 410 g/mol. The summed E-state index contributed by atoms with van der Waals surface area (Å²) in [5.41, 5.74) is 8.79. The van der Waals surface area contributed by atoms with Gasteiger partial charge in [0.1, 0.15) is 5.75 Å². The maximum Gasteiger partial charge on any atom is 0.322 e. The third-order valence-electron chi connectivity index (χ3n) is 6.83. The van der Waals surface area contributed by atoms with E-state index in [-0.39, 0.29) is 12.1 Å². The Bertz CT molecular complexity index is 1340. The van der Waals surface area contributed by atoms with Gasteiger partial charge in [0.2, 0.25) is 0 Å². The number of H-pyrrole nitrogens is 1. The minimum absolute atomic E-state index is 0.0869. The van der Waals surface area contributed by atoms with Crippen molar-refractivity contribution >= 4 is 22.6 Å². The van der Waals surface area contributed by atoms with Crippen LogP contribution in [0.5, 0.6) is 5.75 Å². The van der Waals surface area contributed by atoms with Crippen LogP contribution in [0.25, 0.3) is 10.9 Å². The van der Waals surface area contributed by atoms with Crippen LogP contribution in [0.15, 0.2) is 60.7 Å². The Morgan fingerprint density at radius 3 is 2.61 bits per heavy atom. The highest BCUT2D eigenvalue weighted by Gasteiger charge is 2.34. The second-order valence-electron chi connectivity index (χ2n) is 8.86. The first-order valence-corrected chi connectivity index (χ1v) is 11.3. The van der Waals surface area contributed by atoms with Crippen LogP contribution in [0.3, 0.4) is 0 Å². The molecular formula is C28H29N3O2. The van der Waals surface area contributed by atoms with E-state index < -0.39 is 0 Å². The fourth-order valence-electron chi connectivity index (χ4n) is 4.78. The lowest BCUT2D eigenvalue weighted by Gasteiger charge is -2.36. The first-order chi connectivity index (χ1) is 16.0. The van der Waals surface area contributed by atoms with Crippen LogP contribution in [-0.4, -0.2) is 29.6 Å². The molecule has 0 fully saturated rings. The van der Waals surface area contributed by atoms with Gasteiger partial charge in [-0.1, -0.05) is 42.0 Å². The molecule has 2 heterocycles. The Hall–Kier alpha value is -3.73. The lowest BCUT2D eigenvalue weighted by atomic mass is 9.92. The van der Waals surface area contributed by atoms with E-state index in [9.17, 15) is 4.79 Å². The second kappa shape index (κ2) is 8.32. The zero-order valence-corrected chi connectivity index (χ0v) is 19.5. The summed E-state index contributed by atoms with van der Waals surface area (Å²) in [5, 5.41) is 4.33. The van der Waals surface area contributed by atoms with Crippen LogP contribution in [-0.2, 0) is 6.42 Å². The maximum absolute atomic E-state index is 13.6. The first-order valence-electron chi connectivity index (χ1n) is 11.3. The van der Waals surface area contributed by atoms with Gasteiger partial charge in [-0.25, -0.2) is 4.79 Å². The molecule has 0 bridgehead atoms. The second-order valence-corrected chi connectivity index (χ2v) is 8.86. The van der Waals surface area contributed by atoms with E-state index in [1.807, 2.05) is 30.0 Å². The molecule has 4 aromatic rings. The molecule has 3 aromatic carbocycles. The molecule has 1 aliphatic heterocycles. The van der Waals surface area contributed by atoms with E-state index in [0.29, 0.717) is 6.54 Å². The number of methoxy groups -OCH3 is 1. The van der Waals surface area contributed by atoms with Crippen LogP contribution >= 0.6 is 0 Å². The molecule has 1 unspecified atom stereocenters. The number of fused-ring (bicyclic) bond motifs is 3. The number of carbonyl (C=O) groups excluding carboxylic acids is 1. The van der Waals surface area contributed by atoms with Crippen molar-refractivity contribution in [2.75, 3.05) is 19.0 Å². The summed E-state index contributed by atoms with van der Waals surface area (Å²) in [6.07, 6.45) is 0.783. The number of nitrogens with one attached hydrogen (secondary N) is 2. The Morgan fingerprint density at radius 1 is 1.06 bits per heavy atom. The van der Waals surface area contributed by atoms with Crippen molar-refractivity contribution in [3.8, 4) is 5.75 Å². The SMILES string of the molecule is COc1ccc2[nH]c3c(c2c1)CCN(C(=O)Nc1cccc(C)c1C)C3c1ccc(C)cc1. The van der Waals surface area contributed by atoms with Crippen LogP contribution in [0, 0.1) is 20.8 Å². The number of aromatic amines is 1. The summed E-state index contributed by atoms with van der Waals surface area (Å²) in [5.74, 6) is 0.839. The molecule has 1 aliphatic rings. The van der Waals surface area contributed by atoms with Gasteiger partial charge in [0.25, 0.3) is 0 Å². The van der Waals surface area contributed by atoms with Crippen molar-refractivity contribution < 1.29 is 9.53 Å². The number of anilines is 1. The van der Waals surface area contributed by atoms with Crippen molar-refractivity contribution in [2.24, 2.45) is 0 Å². The van der Waals surface area contributed by atoms with Crippen molar-refractivity contribution in [1.82, 2.24) is 9.88 Å². The average Bonchev–Trinajstić information content (AvgIpc) is 3.20. The standard InChI is InChI=1S/C28H29N3O2/c1-17-8-10-20(11-9-17)27-26-22(23-16-21(33-4)12-13-25(23)29-26)14-15-31(27)28(32)30-24-7-5-6-18(2)19(24)3/h5-13,16,27,29H,14-15H2,1-4H3,(H,30,32). The summed E-state index contributed by atoms with van der Waals surface area (Å²) in [6.45, 7) is 6.82. The van der Waals surface area contributed by atoms with Crippen molar-refractivity contribution in [2.45, 2.75) is 33.2 Å². The number of amides is 2. The smallest absolute Gasteiger partial charge is 0.322 e. The van der Waals surface area contributed by atoms with E-state index in [1.54, 1.807) is 7.11 Å². The Morgan fingerprint density at radius 2 is 1.85 bits per heavy atom. The number of rotatable bonds is 3. The highest BCUT2D eigenvalue weighted by atomic mass is 16.5. The van der Waals surface area contributed by atoms with Crippen molar-refractivity contribution in [1.29, 1.82) is 0 Å². The zero-order chi connectivity index (χ0) is 23.1. The van der Waals surface area contributed by atoms with E-state index in [2.05, 4.69) is 66.6 Å². The van der Waals surface area contributed by atoms with Gasteiger partial charge in [0.05, 0.1) is 13.2 Å². The van der Waals surface area contributed by atoms with Crippen molar-refractivity contribution in [3.05, 3.63) is 94.2 Å². The Labute approximate surface area is 194 Å². The Kier molecular flexibility index (Phi) is 5.33. The quantitative estimate of drug-likeness (QED) is 0.395. The van der Waals surface area contributed by atoms with Gasteiger partial charge < -0.3 is 19.9 Å². The molecule has 5 heteroatoms. The van der Waals surface area contributed by atoms with Crippen LogP contribution in [0.1, 0.15) is 39.6 Å². The van der Waals surface area contributed by atoms with E-state index >= 15 is 0 Å². The molecule has 5 nitrogen and oxygen atoms in total. The fraction of sp³-hybridized carbons (Fsp3) is 0.250. The number of nitrogens with zero attached hydrogens (tertiary/aromatic N) is 1. The molecule has 168 valence electrons. The number of aromatic nitrogens is 1. The largest absolute Gasteiger partial charge is 0.497 e. The number of benzene rings is 3. The highest BCUT2D eigenvalue weighted by Crippen LogP contribution is 2.39. The zero-order valence-electron chi connectivity index (χ0n) is 19.5. The summed E-state index contributed by atoms with van der Waals surface area (Å²) < 4.78 is 5.47. The lowest BCUT2D eigenvalue weighted by molar-refractivity contribution is 0.193. The molecule has 0 spiro atoms. The van der Waals surface area contributed by atoms with Gasteiger partial charge in [-0.15, -0.1) is 0 Å². The molecule has 2 N–H and O–H groups in total. The molecule has 33 heavy (non-hydrogen) atoms. The number of carbonyl (C=O) groups is 1. The average molecular weight is 440 g/mol. The molecule has 0 radical (unpaired) electrons. The summed E-state index contributed by atoms with van der Waals surface area (Å²) in [7, 11) is 1.69. The molecule has 0 saturated carbocycles. The van der Waals surface area contributed by atoms with Gasteiger partial charge in [0.15, 0.2) is 0 Å². The highest BCUT2D eigenvalue weighted by molar-refractivity contribution is 5.92. The van der Waals surface area contributed by atoms with Gasteiger partial charge in [-0.05, 0) is 73.7 Å². The Balaban J connectivity index is 1.59. The number of urea groups is 1. The summed E-state index contributed by atoms with van der Waals surface area (Å²) in [4.78, 5) is 19.2. The molecule has 5 rings (SSSR count). The number of hydrogen-bond donors (Lipinski definition) is 2. The normalized spacial score (nSPS) is 15.4. The fourth-order valence-corrected chi connectivity index (χ4v) is 4.78. The number of ether oxygens (including phenoxy) is 1. The van der Waals surface area contributed by atoms with E-state index in [4.69, 9.17) is 4.74 Å². The van der Waals surface area contributed by atoms with Crippen LogP contribution in [0.4, 0.5) is 10.5 Å². The van der Waals surface area contributed by atoms with Crippen LogP contribution in [0.2, 0.25) is 0 Å².